The molecule has 1 fully saturated rings. The van der Waals surface area contributed by atoms with Crippen LogP contribution >= 0.6 is 12.4 Å². The van der Waals surface area contributed by atoms with E-state index in [-0.39, 0.29) is 18.2 Å². The molecule has 0 amide bonds. The molecule has 0 bridgehead atoms. The second kappa shape index (κ2) is 10.8. The third-order valence-electron chi connectivity index (χ3n) is 6.09. The number of fused-ring (bicyclic) bond motifs is 1. The monoisotopic (exact) mass is 482 g/mol. The summed E-state index contributed by atoms with van der Waals surface area (Å²) in [6.07, 6.45) is 8.78. The van der Waals surface area contributed by atoms with Gasteiger partial charge >= 0.3 is 0 Å². The normalized spacial score (nSPS) is 13.7. The predicted octanol–water partition coefficient (Wildman–Crippen LogP) is 5.21. The number of rotatable bonds is 8. The number of hydrogen-bond donors (Lipinski definition) is 1. The minimum atomic E-state index is -0.322. The Balaban J connectivity index is 0.00000274. The van der Waals surface area contributed by atoms with Crippen LogP contribution in [0, 0.1) is 5.82 Å². The molecule has 1 aliphatic heterocycles. The molecule has 4 aromatic rings. The maximum atomic E-state index is 14.4. The molecule has 1 aliphatic rings. The van der Waals surface area contributed by atoms with Gasteiger partial charge in [-0.05, 0) is 63.2 Å². The van der Waals surface area contributed by atoms with Crippen molar-refractivity contribution in [1.29, 1.82) is 0 Å². The van der Waals surface area contributed by atoms with Crippen LogP contribution < -0.4 is 9.64 Å². The first-order valence-corrected chi connectivity index (χ1v) is 11.3. The number of halogens is 2. The summed E-state index contributed by atoms with van der Waals surface area (Å²) < 4.78 is 19.7. The summed E-state index contributed by atoms with van der Waals surface area (Å²) in [5.74, 6) is 0.175. The second-order valence-electron chi connectivity index (χ2n) is 8.32. The highest BCUT2D eigenvalue weighted by atomic mass is 35.5. The van der Waals surface area contributed by atoms with Gasteiger partial charge in [-0.25, -0.2) is 9.37 Å². The summed E-state index contributed by atoms with van der Waals surface area (Å²) >= 11 is 0. The van der Waals surface area contributed by atoms with Gasteiger partial charge in [-0.2, -0.15) is 5.10 Å². The highest BCUT2D eigenvalue weighted by Crippen LogP contribution is 2.32. The smallest absolute Gasteiger partial charge is 0.128 e. The molecule has 0 spiro atoms. The lowest BCUT2D eigenvalue weighted by Gasteiger charge is -2.27. The van der Waals surface area contributed by atoms with Crippen LogP contribution in [0.3, 0.4) is 0 Å². The number of nitrogens with zero attached hydrogens (tertiary/aromatic N) is 5. The largest absolute Gasteiger partial charge is 0.497 e. The van der Waals surface area contributed by atoms with Crippen molar-refractivity contribution in [1.82, 2.24) is 25.1 Å². The van der Waals surface area contributed by atoms with Crippen LogP contribution in [0.4, 0.5) is 15.8 Å². The summed E-state index contributed by atoms with van der Waals surface area (Å²) in [6.45, 7) is 4.11. The SMILES string of the molecule is COc1cc(F)cc(N(CCCN2CCCC2)c2ccc3ncc(-c4cn[nH]c4)nc3c2)c1.Cl. The topological polar surface area (TPSA) is 70.2 Å². The number of aromatic amines is 1. The molecule has 2 aromatic carbocycles. The van der Waals surface area contributed by atoms with Crippen LogP contribution in [0.5, 0.6) is 5.75 Å². The van der Waals surface area contributed by atoms with E-state index in [0.717, 1.165) is 66.3 Å². The fourth-order valence-corrected chi connectivity index (χ4v) is 4.39. The Bertz CT molecular complexity index is 1230. The van der Waals surface area contributed by atoms with Crippen LogP contribution in [0.15, 0.2) is 55.0 Å². The quantitative estimate of drug-likeness (QED) is 0.371. The zero-order chi connectivity index (χ0) is 22.6. The molecule has 0 aliphatic carbocycles. The number of ether oxygens (including phenoxy) is 1. The number of anilines is 2. The lowest BCUT2D eigenvalue weighted by Crippen LogP contribution is -2.26. The van der Waals surface area contributed by atoms with Crippen LogP contribution in [0.1, 0.15) is 19.3 Å². The Hall–Kier alpha value is -3.23. The van der Waals surface area contributed by atoms with Gasteiger partial charge < -0.3 is 14.5 Å². The highest BCUT2D eigenvalue weighted by Gasteiger charge is 2.16. The lowest BCUT2D eigenvalue weighted by molar-refractivity contribution is 0.336. The number of benzene rings is 2. The number of hydrogen-bond acceptors (Lipinski definition) is 6. The Morgan fingerprint density at radius 1 is 1.06 bits per heavy atom. The standard InChI is InChI=1S/C25H27FN6O.ClH/c1-33-22-12-19(26)11-21(13-22)32(10-4-9-31-7-2-3-8-31)20-5-6-23-24(14-20)30-25(17-27-23)18-15-28-29-16-18;/h5-6,11-17H,2-4,7-10H2,1H3,(H,28,29);1H. The summed E-state index contributed by atoms with van der Waals surface area (Å²) in [5, 5.41) is 6.81. The first-order valence-electron chi connectivity index (χ1n) is 11.3. The van der Waals surface area contributed by atoms with Crippen molar-refractivity contribution >= 4 is 34.8 Å². The Morgan fingerprint density at radius 3 is 2.68 bits per heavy atom. The molecule has 5 rings (SSSR count). The number of aromatic nitrogens is 4. The summed E-state index contributed by atoms with van der Waals surface area (Å²) in [5.41, 5.74) is 4.91. The molecule has 0 radical (unpaired) electrons. The molecule has 7 nitrogen and oxygen atoms in total. The van der Waals surface area contributed by atoms with Crippen molar-refractivity contribution in [2.75, 3.05) is 38.2 Å². The zero-order valence-electron chi connectivity index (χ0n) is 19.1. The minimum Gasteiger partial charge on any atom is -0.497 e. The van der Waals surface area contributed by atoms with Gasteiger partial charge in [0.2, 0.25) is 0 Å². The van der Waals surface area contributed by atoms with E-state index in [1.54, 1.807) is 31.8 Å². The molecular weight excluding hydrogens is 455 g/mol. The summed E-state index contributed by atoms with van der Waals surface area (Å²) in [4.78, 5) is 14.0. The molecule has 0 atom stereocenters. The van der Waals surface area contributed by atoms with Gasteiger partial charge in [0.1, 0.15) is 11.6 Å². The molecular formula is C25H28ClFN6O. The minimum absolute atomic E-state index is 0. The summed E-state index contributed by atoms with van der Waals surface area (Å²) in [7, 11) is 1.55. The van der Waals surface area contributed by atoms with E-state index < -0.39 is 0 Å². The Kier molecular flexibility index (Phi) is 7.59. The van der Waals surface area contributed by atoms with E-state index in [1.807, 2.05) is 24.3 Å². The number of H-pyrrole nitrogens is 1. The van der Waals surface area contributed by atoms with Crippen LogP contribution in [0.25, 0.3) is 22.3 Å². The van der Waals surface area contributed by atoms with E-state index >= 15 is 0 Å². The molecule has 3 heterocycles. The molecule has 0 unspecified atom stereocenters. The van der Waals surface area contributed by atoms with E-state index in [9.17, 15) is 4.39 Å². The lowest BCUT2D eigenvalue weighted by atomic mass is 10.1. The molecule has 1 saturated heterocycles. The molecule has 34 heavy (non-hydrogen) atoms. The average Bonchev–Trinajstić information content (AvgIpc) is 3.55. The first-order chi connectivity index (χ1) is 16.2. The van der Waals surface area contributed by atoms with Crippen molar-refractivity contribution in [3.63, 3.8) is 0 Å². The fraction of sp³-hybridized carbons (Fsp3) is 0.320. The van der Waals surface area contributed by atoms with E-state index in [2.05, 4.69) is 25.0 Å². The van der Waals surface area contributed by atoms with Gasteiger partial charge in [-0.1, -0.05) is 0 Å². The molecule has 0 saturated carbocycles. The number of nitrogens with one attached hydrogen (secondary N) is 1. The van der Waals surface area contributed by atoms with Gasteiger partial charge in [0.25, 0.3) is 0 Å². The second-order valence-corrected chi connectivity index (χ2v) is 8.32. The maximum Gasteiger partial charge on any atom is 0.128 e. The van der Waals surface area contributed by atoms with Crippen molar-refractivity contribution in [3.05, 3.63) is 60.8 Å². The zero-order valence-corrected chi connectivity index (χ0v) is 19.9. The third kappa shape index (κ3) is 5.29. The molecule has 1 N–H and O–H groups in total. The average molecular weight is 483 g/mol. The van der Waals surface area contributed by atoms with Crippen LogP contribution in [-0.2, 0) is 0 Å². The van der Waals surface area contributed by atoms with Crippen molar-refractivity contribution < 1.29 is 9.13 Å². The number of methoxy groups -OCH3 is 1. The highest BCUT2D eigenvalue weighted by molar-refractivity contribution is 5.85. The maximum absolute atomic E-state index is 14.4. The predicted molar refractivity (Wildman–Crippen MR) is 135 cm³/mol. The molecule has 178 valence electrons. The van der Waals surface area contributed by atoms with Gasteiger partial charge in [0, 0.05) is 41.8 Å². The summed E-state index contributed by atoms with van der Waals surface area (Å²) in [6, 6.07) is 10.8. The van der Waals surface area contributed by atoms with Gasteiger partial charge in [-0.15, -0.1) is 12.4 Å². The van der Waals surface area contributed by atoms with E-state index in [0.29, 0.717) is 5.75 Å². The molecule has 2 aromatic heterocycles. The van der Waals surface area contributed by atoms with Crippen LogP contribution in [-0.4, -0.2) is 58.4 Å². The van der Waals surface area contributed by atoms with Crippen LogP contribution in [0.2, 0.25) is 0 Å². The Morgan fingerprint density at radius 2 is 1.91 bits per heavy atom. The van der Waals surface area contributed by atoms with E-state index in [1.165, 1.54) is 18.9 Å². The van der Waals surface area contributed by atoms with Crippen molar-refractivity contribution in [3.8, 4) is 17.0 Å². The van der Waals surface area contributed by atoms with Gasteiger partial charge in [-0.3, -0.25) is 10.1 Å². The molecule has 9 heteroatoms. The number of likely N-dealkylation sites (tertiary alicyclic amines) is 1. The van der Waals surface area contributed by atoms with Gasteiger partial charge in [0.05, 0.1) is 36.2 Å². The first kappa shape index (κ1) is 23.9. The van der Waals surface area contributed by atoms with E-state index in [4.69, 9.17) is 9.72 Å². The van der Waals surface area contributed by atoms with Crippen molar-refractivity contribution in [2.45, 2.75) is 19.3 Å². The Labute approximate surface area is 204 Å². The third-order valence-corrected chi connectivity index (χ3v) is 6.09. The fourth-order valence-electron chi connectivity index (χ4n) is 4.39. The van der Waals surface area contributed by atoms with Gasteiger partial charge in [0.15, 0.2) is 0 Å². The van der Waals surface area contributed by atoms with Crippen molar-refractivity contribution in [2.24, 2.45) is 0 Å².